The van der Waals surface area contributed by atoms with Crippen molar-refractivity contribution in [2.75, 3.05) is 0 Å². The predicted octanol–water partition coefficient (Wildman–Crippen LogP) is 3.11. The van der Waals surface area contributed by atoms with Crippen molar-refractivity contribution in [2.45, 2.75) is 0 Å². The van der Waals surface area contributed by atoms with Gasteiger partial charge in [-0.2, -0.15) is 0 Å². The van der Waals surface area contributed by atoms with E-state index >= 15 is 0 Å². The van der Waals surface area contributed by atoms with Crippen LogP contribution in [0.5, 0.6) is 0 Å². The van der Waals surface area contributed by atoms with Gasteiger partial charge in [0.1, 0.15) is 0 Å². The Kier molecular flexibility index (Phi) is 2.23. The molecule has 1 aliphatic rings. The molecule has 0 spiro atoms. The van der Waals surface area contributed by atoms with Crippen LogP contribution in [0.4, 0.5) is 0 Å². The zero-order chi connectivity index (χ0) is 12.7. The van der Waals surface area contributed by atoms with Crippen LogP contribution in [-0.2, 0) is 0 Å². The van der Waals surface area contributed by atoms with Crippen molar-refractivity contribution in [3.8, 4) is 0 Å². The molecule has 86 valence electrons. The highest BCUT2D eigenvalue weighted by molar-refractivity contribution is 6.28. The Bertz CT molecular complexity index is 696. The number of carbonyl (C=O) groups excluding carboxylic acids is 2. The Hall–Kier alpha value is -2.48. The van der Waals surface area contributed by atoms with Gasteiger partial charge in [-0.25, -0.2) is 0 Å². The zero-order valence-corrected chi connectivity index (χ0v) is 9.64. The number of ketones is 2. The molecule has 18 heavy (non-hydrogen) atoms. The molecule has 2 aromatic rings. The summed E-state index contributed by atoms with van der Waals surface area (Å²) in [4.78, 5) is 24.6. The van der Waals surface area contributed by atoms with Crippen molar-refractivity contribution in [3.63, 3.8) is 0 Å². The van der Waals surface area contributed by atoms with E-state index in [4.69, 9.17) is 0 Å². The molecule has 2 aromatic carbocycles. The van der Waals surface area contributed by atoms with Gasteiger partial charge in [0.05, 0.1) is 0 Å². The van der Waals surface area contributed by atoms with Crippen LogP contribution in [0.1, 0.15) is 37.4 Å². The molecule has 0 heterocycles. The summed E-state index contributed by atoms with van der Waals surface area (Å²) < 4.78 is 0. The molecule has 2 nitrogen and oxygen atoms in total. The van der Waals surface area contributed by atoms with Crippen molar-refractivity contribution < 1.29 is 9.59 Å². The highest BCUT2D eigenvalue weighted by Crippen LogP contribution is 2.27. The van der Waals surface area contributed by atoms with E-state index < -0.39 is 0 Å². The van der Waals surface area contributed by atoms with Gasteiger partial charge in [0.15, 0.2) is 11.6 Å². The van der Waals surface area contributed by atoms with E-state index in [2.05, 4.69) is 6.58 Å². The maximum Gasteiger partial charge on any atom is 0.194 e. The van der Waals surface area contributed by atoms with Crippen molar-refractivity contribution in [1.29, 1.82) is 0 Å². The fourth-order valence-corrected chi connectivity index (χ4v) is 2.24. The van der Waals surface area contributed by atoms with Crippen LogP contribution in [-0.4, -0.2) is 11.6 Å². The van der Waals surface area contributed by atoms with Gasteiger partial charge in [-0.3, -0.25) is 9.59 Å². The van der Waals surface area contributed by atoms with Crippen LogP contribution in [0, 0.1) is 0 Å². The van der Waals surface area contributed by atoms with E-state index in [0.717, 1.165) is 5.56 Å². The molecular weight excluding hydrogens is 224 g/mol. The third-order valence-corrected chi connectivity index (χ3v) is 3.18. The molecule has 0 N–H and O–H groups in total. The molecule has 0 unspecified atom stereocenters. The molecule has 1 aliphatic carbocycles. The number of rotatable bonds is 1. The maximum atomic E-state index is 12.3. The van der Waals surface area contributed by atoms with Crippen LogP contribution in [0.3, 0.4) is 0 Å². The summed E-state index contributed by atoms with van der Waals surface area (Å²) >= 11 is 0. The van der Waals surface area contributed by atoms with E-state index in [1.54, 1.807) is 48.5 Å². The van der Waals surface area contributed by atoms with Crippen LogP contribution in [0.2, 0.25) is 0 Å². The van der Waals surface area contributed by atoms with Crippen LogP contribution < -0.4 is 0 Å². The maximum absolute atomic E-state index is 12.3. The normalized spacial score (nSPS) is 12.9. The fourth-order valence-electron chi connectivity index (χ4n) is 2.24. The van der Waals surface area contributed by atoms with Gasteiger partial charge in [-0.05, 0) is 17.7 Å². The summed E-state index contributed by atoms with van der Waals surface area (Å²) in [6.45, 7) is 3.67. The average Bonchev–Trinajstić information content (AvgIpc) is 2.44. The Balaban J connectivity index is 2.30. The number of carbonyl (C=O) groups is 2. The molecule has 0 aromatic heterocycles. The Labute approximate surface area is 105 Å². The van der Waals surface area contributed by atoms with Crippen LogP contribution >= 0.6 is 0 Å². The second-order valence-electron chi connectivity index (χ2n) is 4.21. The number of hydrogen-bond donors (Lipinski definition) is 0. The van der Waals surface area contributed by atoms with Gasteiger partial charge in [0.2, 0.25) is 0 Å². The van der Waals surface area contributed by atoms with Crippen LogP contribution in [0.15, 0.2) is 49.0 Å². The lowest BCUT2D eigenvalue weighted by Crippen LogP contribution is -2.20. The molecule has 3 rings (SSSR count). The van der Waals surface area contributed by atoms with E-state index in [-0.39, 0.29) is 11.6 Å². The molecule has 0 atom stereocenters. The largest absolute Gasteiger partial charge is 0.289 e. The van der Waals surface area contributed by atoms with Crippen molar-refractivity contribution >= 4 is 17.6 Å². The summed E-state index contributed by atoms with van der Waals surface area (Å²) in [6, 6.07) is 12.1. The fraction of sp³-hybridized carbons (Fsp3) is 0. The van der Waals surface area contributed by atoms with Gasteiger partial charge in [0, 0.05) is 22.3 Å². The van der Waals surface area contributed by atoms with Crippen molar-refractivity contribution in [1.82, 2.24) is 0 Å². The first-order chi connectivity index (χ1) is 8.72. The molecule has 0 saturated heterocycles. The first-order valence-corrected chi connectivity index (χ1v) is 5.67. The zero-order valence-electron chi connectivity index (χ0n) is 9.64. The molecule has 2 heteroatoms. The third-order valence-electron chi connectivity index (χ3n) is 3.18. The Morgan fingerprint density at radius 3 is 1.94 bits per heavy atom. The predicted molar refractivity (Wildman–Crippen MR) is 69.8 cm³/mol. The monoisotopic (exact) mass is 234 g/mol. The summed E-state index contributed by atoms with van der Waals surface area (Å²) in [5, 5.41) is 0. The molecule has 0 radical (unpaired) electrons. The average molecular weight is 234 g/mol. The first kappa shape index (κ1) is 10.7. The molecule has 0 fully saturated rings. The first-order valence-electron chi connectivity index (χ1n) is 5.67. The molecule has 0 aliphatic heterocycles. The number of hydrogen-bond acceptors (Lipinski definition) is 2. The lowest BCUT2D eigenvalue weighted by atomic mass is 9.83. The topological polar surface area (TPSA) is 34.1 Å². The highest BCUT2D eigenvalue weighted by atomic mass is 16.1. The van der Waals surface area contributed by atoms with E-state index in [1.165, 1.54) is 0 Å². The van der Waals surface area contributed by atoms with Gasteiger partial charge in [-0.15, -0.1) is 0 Å². The minimum Gasteiger partial charge on any atom is -0.289 e. The minimum absolute atomic E-state index is 0.0872. The summed E-state index contributed by atoms with van der Waals surface area (Å²) in [5.41, 5.74) is 2.76. The lowest BCUT2D eigenvalue weighted by molar-refractivity contribution is 0.0979. The van der Waals surface area contributed by atoms with Gasteiger partial charge in [-0.1, -0.05) is 43.0 Å². The van der Waals surface area contributed by atoms with Gasteiger partial charge < -0.3 is 0 Å². The summed E-state index contributed by atoms with van der Waals surface area (Å²) in [7, 11) is 0. The lowest BCUT2D eigenvalue weighted by Gasteiger charge is -2.17. The third kappa shape index (κ3) is 1.36. The minimum atomic E-state index is -0.0936. The molecule has 0 bridgehead atoms. The summed E-state index contributed by atoms with van der Waals surface area (Å²) in [5.74, 6) is -0.181. The van der Waals surface area contributed by atoms with Crippen molar-refractivity contribution in [3.05, 3.63) is 76.9 Å². The van der Waals surface area contributed by atoms with E-state index in [9.17, 15) is 9.59 Å². The van der Waals surface area contributed by atoms with E-state index in [0.29, 0.717) is 22.3 Å². The number of fused-ring (bicyclic) bond motifs is 2. The second kappa shape index (κ2) is 3.77. The van der Waals surface area contributed by atoms with Crippen LogP contribution in [0.25, 0.3) is 6.08 Å². The Morgan fingerprint density at radius 2 is 1.33 bits per heavy atom. The Morgan fingerprint density at radius 1 is 0.778 bits per heavy atom. The van der Waals surface area contributed by atoms with Crippen molar-refractivity contribution in [2.24, 2.45) is 0 Å². The quantitative estimate of drug-likeness (QED) is 0.648. The molecule has 0 saturated carbocycles. The standard InChI is InChI=1S/C16H10O2/c1-2-10-7-8-13-14(9-10)16(18)12-6-4-3-5-11(12)15(13)17/h2-9H,1H2. The summed E-state index contributed by atoms with van der Waals surface area (Å²) in [6.07, 6.45) is 1.67. The number of benzene rings is 2. The van der Waals surface area contributed by atoms with Gasteiger partial charge >= 0.3 is 0 Å². The smallest absolute Gasteiger partial charge is 0.194 e. The molecule has 0 amide bonds. The van der Waals surface area contributed by atoms with Gasteiger partial charge in [0.25, 0.3) is 0 Å². The second-order valence-corrected chi connectivity index (χ2v) is 4.21. The highest BCUT2D eigenvalue weighted by Gasteiger charge is 2.28. The van der Waals surface area contributed by atoms with E-state index in [1.807, 2.05) is 0 Å². The molecular formula is C16H10O2. The SMILES string of the molecule is C=Cc1ccc2c(c1)C(=O)c1ccccc1C2=O.